The Labute approximate surface area is 153 Å². The first-order valence-corrected chi connectivity index (χ1v) is 8.81. The lowest BCUT2D eigenvalue weighted by atomic mass is 10.0. The average Bonchev–Trinajstić information content (AvgIpc) is 2.61. The van der Waals surface area contributed by atoms with Gasteiger partial charge in [0.25, 0.3) is 0 Å². The second-order valence-electron chi connectivity index (χ2n) is 6.83. The monoisotopic (exact) mass is 357 g/mol. The summed E-state index contributed by atoms with van der Waals surface area (Å²) in [6, 6.07) is 7.80. The number of halogens is 1. The summed E-state index contributed by atoms with van der Waals surface area (Å²) in [7, 11) is 0. The first-order valence-electron chi connectivity index (χ1n) is 8.81. The minimum absolute atomic E-state index is 0.312. The largest absolute Gasteiger partial charge is 0.480 e. The molecule has 1 aromatic carbocycles. The Morgan fingerprint density at radius 1 is 1.19 bits per heavy atom. The van der Waals surface area contributed by atoms with Crippen molar-refractivity contribution in [3.8, 4) is 0 Å². The second kappa shape index (κ2) is 7.93. The zero-order chi connectivity index (χ0) is 18.7. The molecular weight excluding hydrogens is 333 g/mol. The lowest BCUT2D eigenvalue weighted by molar-refractivity contribution is -0.144. The number of rotatable bonds is 5. The van der Waals surface area contributed by atoms with Gasteiger partial charge in [0.2, 0.25) is 0 Å². The van der Waals surface area contributed by atoms with Gasteiger partial charge < -0.3 is 5.11 Å². The minimum atomic E-state index is -0.898. The van der Waals surface area contributed by atoms with Crippen LogP contribution >= 0.6 is 0 Å². The second-order valence-corrected chi connectivity index (χ2v) is 6.83. The van der Waals surface area contributed by atoms with E-state index in [4.69, 9.17) is 0 Å². The van der Waals surface area contributed by atoms with Crippen molar-refractivity contribution in [2.45, 2.75) is 26.4 Å². The predicted octanol–water partition coefficient (Wildman–Crippen LogP) is 2.78. The topological polar surface area (TPSA) is 56.7 Å². The highest BCUT2D eigenvalue weighted by Crippen LogP contribution is 2.25. The fourth-order valence-corrected chi connectivity index (χ4v) is 3.42. The fourth-order valence-electron chi connectivity index (χ4n) is 3.42. The molecule has 1 aliphatic heterocycles. The summed E-state index contributed by atoms with van der Waals surface area (Å²) in [4.78, 5) is 20.5. The van der Waals surface area contributed by atoms with E-state index in [1.165, 1.54) is 11.6 Å². The number of aryl methyl sites for hydroxylation is 2. The van der Waals surface area contributed by atoms with Crippen LogP contribution in [-0.2, 0) is 11.3 Å². The number of hydrogen-bond acceptors (Lipinski definition) is 4. The van der Waals surface area contributed by atoms with E-state index in [9.17, 15) is 14.3 Å². The first kappa shape index (κ1) is 18.5. The molecule has 1 saturated heterocycles. The summed E-state index contributed by atoms with van der Waals surface area (Å²) in [6.45, 7) is 7.34. The zero-order valence-electron chi connectivity index (χ0n) is 15.2. The van der Waals surface area contributed by atoms with E-state index in [-0.39, 0.29) is 5.82 Å². The van der Waals surface area contributed by atoms with Crippen LogP contribution in [0.4, 0.5) is 4.39 Å². The number of carboxylic acids is 1. The van der Waals surface area contributed by atoms with Crippen LogP contribution in [0.15, 0.2) is 36.5 Å². The van der Waals surface area contributed by atoms with E-state index >= 15 is 0 Å². The Bertz CT molecular complexity index is 788. The number of aromatic nitrogens is 1. The highest BCUT2D eigenvalue weighted by atomic mass is 19.1. The third-order valence-corrected chi connectivity index (χ3v) is 4.99. The quantitative estimate of drug-likeness (QED) is 0.892. The van der Waals surface area contributed by atoms with Crippen molar-refractivity contribution in [1.82, 2.24) is 14.8 Å². The van der Waals surface area contributed by atoms with Crippen molar-refractivity contribution in [3.05, 3.63) is 64.7 Å². The van der Waals surface area contributed by atoms with Gasteiger partial charge in [-0.1, -0.05) is 18.2 Å². The van der Waals surface area contributed by atoms with Crippen molar-refractivity contribution < 1.29 is 14.3 Å². The number of piperazine rings is 1. The van der Waals surface area contributed by atoms with Crippen molar-refractivity contribution in [2.75, 3.05) is 26.2 Å². The normalized spacial score (nSPS) is 17.2. The van der Waals surface area contributed by atoms with Gasteiger partial charge in [-0.05, 0) is 42.7 Å². The van der Waals surface area contributed by atoms with Crippen molar-refractivity contribution in [2.24, 2.45) is 0 Å². The molecule has 2 heterocycles. The standard InChI is InChI=1S/C20H24FN3O2/c1-14-4-3-7-22-18(14)13-23-8-10-24(11-9-23)19(20(25)26)16-5-6-17(21)15(2)12-16/h3-7,12,19H,8-11,13H2,1-2H3,(H,25,26). The summed E-state index contributed by atoms with van der Waals surface area (Å²) < 4.78 is 13.5. The predicted molar refractivity (Wildman–Crippen MR) is 97.3 cm³/mol. The molecule has 0 bridgehead atoms. The highest BCUT2D eigenvalue weighted by molar-refractivity contribution is 5.75. The molecule has 0 amide bonds. The van der Waals surface area contributed by atoms with E-state index in [0.717, 1.165) is 25.3 Å². The van der Waals surface area contributed by atoms with Gasteiger partial charge >= 0.3 is 5.97 Å². The molecule has 1 unspecified atom stereocenters. The van der Waals surface area contributed by atoms with E-state index in [1.807, 2.05) is 11.0 Å². The van der Waals surface area contributed by atoms with Crippen molar-refractivity contribution in [1.29, 1.82) is 0 Å². The Balaban J connectivity index is 1.67. The number of aliphatic carboxylic acids is 1. The van der Waals surface area contributed by atoms with Gasteiger partial charge in [-0.2, -0.15) is 0 Å². The molecule has 0 radical (unpaired) electrons. The number of carbonyl (C=O) groups is 1. The molecule has 1 fully saturated rings. The third-order valence-electron chi connectivity index (χ3n) is 4.99. The van der Waals surface area contributed by atoms with Crippen LogP contribution in [0.5, 0.6) is 0 Å². The van der Waals surface area contributed by atoms with Crippen molar-refractivity contribution in [3.63, 3.8) is 0 Å². The van der Waals surface area contributed by atoms with Gasteiger partial charge in [-0.3, -0.25) is 19.6 Å². The molecule has 0 aliphatic carbocycles. The Hall–Kier alpha value is -2.31. The van der Waals surface area contributed by atoms with Crippen LogP contribution < -0.4 is 0 Å². The fraction of sp³-hybridized carbons (Fsp3) is 0.400. The van der Waals surface area contributed by atoms with Gasteiger partial charge in [0.05, 0.1) is 5.69 Å². The summed E-state index contributed by atoms with van der Waals surface area (Å²) in [5.74, 6) is -1.21. The molecule has 1 atom stereocenters. The van der Waals surface area contributed by atoms with E-state index in [0.29, 0.717) is 24.2 Å². The average molecular weight is 357 g/mol. The van der Waals surface area contributed by atoms with Gasteiger partial charge in [0, 0.05) is 38.9 Å². The van der Waals surface area contributed by atoms with Crippen LogP contribution in [-0.4, -0.2) is 52.0 Å². The lowest BCUT2D eigenvalue weighted by Crippen LogP contribution is -2.49. The van der Waals surface area contributed by atoms with Gasteiger partial charge in [-0.15, -0.1) is 0 Å². The van der Waals surface area contributed by atoms with E-state index < -0.39 is 12.0 Å². The molecular formula is C20H24FN3O2. The van der Waals surface area contributed by atoms with Crippen LogP contribution in [0.1, 0.15) is 28.4 Å². The van der Waals surface area contributed by atoms with Crippen LogP contribution in [0, 0.1) is 19.7 Å². The maximum Gasteiger partial charge on any atom is 0.325 e. The van der Waals surface area contributed by atoms with E-state index in [2.05, 4.69) is 22.9 Å². The van der Waals surface area contributed by atoms with E-state index in [1.54, 1.807) is 25.3 Å². The molecule has 1 aliphatic rings. The SMILES string of the molecule is Cc1cc(C(C(=O)O)N2CCN(Cc3ncccc3C)CC2)ccc1F. The van der Waals surface area contributed by atoms with Crippen LogP contribution in [0.2, 0.25) is 0 Å². The van der Waals surface area contributed by atoms with Crippen LogP contribution in [0.25, 0.3) is 0 Å². The number of benzene rings is 1. The summed E-state index contributed by atoms with van der Waals surface area (Å²) >= 11 is 0. The Kier molecular flexibility index (Phi) is 5.64. The minimum Gasteiger partial charge on any atom is -0.480 e. The highest BCUT2D eigenvalue weighted by Gasteiger charge is 2.30. The summed E-state index contributed by atoms with van der Waals surface area (Å²) in [6.07, 6.45) is 1.80. The molecule has 5 nitrogen and oxygen atoms in total. The number of nitrogens with zero attached hydrogens (tertiary/aromatic N) is 3. The van der Waals surface area contributed by atoms with Gasteiger partial charge in [0.15, 0.2) is 0 Å². The number of hydrogen-bond donors (Lipinski definition) is 1. The molecule has 3 rings (SSSR count). The molecule has 1 aromatic heterocycles. The molecule has 2 aromatic rings. The maximum absolute atomic E-state index is 13.5. The molecule has 0 spiro atoms. The van der Waals surface area contributed by atoms with Crippen molar-refractivity contribution >= 4 is 5.97 Å². The van der Waals surface area contributed by atoms with Gasteiger partial charge in [-0.25, -0.2) is 4.39 Å². The lowest BCUT2D eigenvalue weighted by Gasteiger charge is -2.37. The number of carboxylic acid groups (broad SMARTS) is 1. The molecule has 138 valence electrons. The number of pyridine rings is 1. The maximum atomic E-state index is 13.5. The molecule has 6 heteroatoms. The summed E-state index contributed by atoms with van der Waals surface area (Å²) in [5.41, 5.74) is 3.33. The van der Waals surface area contributed by atoms with Gasteiger partial charge in [0.1, 0.15) is 11.9 Å². The Morgan fingerprint density at radius 3 is 2.54 bits per heavy atom. The third kappa shape index (κ3) is 4.08. The smallest absolute Gasteiger partial charge is 0.325 e. The summed E-state index contributed by atoms with van der Waals surface area (Å²) in [5, 5.41) is 9.72. The Morgan fingerprint density at radius 2 is 1.92 bits per heavy atom. The molecule has 1 N–H and O–H groups in total. The molecule has 0 saturated carbocycles. The zero-order valence-corrected chi connectivity index (χ0v) is 15.2. The molecule has 26 heavy (non-hydrogen) atoms. The van der Waals surface area contributed by atoms with Crippen LogP contribution in [0.3, 0.4) is 0 Å². The first-order chi connectivity index (χ1) is 12.5.